The predicted octanol–water partition coefficient (Wildman–Crippen LogP) is 8.37. The Kier molecular flexibility index (Phi) is 12.9. The first-order valence-corrected chi connectivity index (χ1v) is 11.7. The van der Waals surface area contributed by atoms with Gasteiger partial charge in [0.25, 0.3) is 0 Å². The molecule has 3 aliphatic carbocycles. The van der Waals surface area contributed by atoms with Gasteiger partial charge in [-0.25, -0.2) is 0 Å². The van der Waals surface area contributed by atoms with E-state index in [1.807, 2.05) is 20.9 Å². The molecule has 0 aromatic heterocycles. The van der Waals surface area contributed by atoms with E-state index in [2.05, 4.69) is 80.8 Å². The molecule has 0 aromatic carbocycles. The molecule has 1 nitrogen and oxygen atoms in total. The van der Waals surface area contributed by atoms with Crippen LogP contribution in [0.4, 0.5) is 0 Å². The first-order chi connectivity index (χ1) is 14.2. The standard InChI is InChI=1S/C23H29N.C3H8.C2H6/c1-18(16-22-12-6-7-14-23(22)24-2)15-19-9-8-13-21(17-19)20-10-4-3-5-11-20;1-3-2;1-2/h4,6-7,10-11,13-14,16-17,22,24H,3,5,8-9,12,15H2,1-2H3;3H2,1-2H3;1-2H3/b18-16-;;. The van der Waals surface area contributed by atoms with Gasteiger partial charge in [-0.15, -0.1) is 0 Å². The average molecular weight is 394 g/mol. The molecule has 0 spiro atoms. The molecule has 29 heavy (non-hydrogen) atoms. The van der Waals surface area contributed by atoms with Crippen LogP contribution in [0.15, 0.2) is 82.7 Å². The maximum atomic E-state index is 3.34. The highest BCUT2D eigenvalue weighted by molar-refractivity contribution is 5.50. The molecule has 0 fully saturated rings. The van der Waals surface area contributed by atoms with Gasteiger partial charge in [0.2, 0.25) is 0 Å². The summed E-state index contributed by atoms with van der Waals surface area (Å²) in [4.78, 5) is 0. The van der Waals surface area contributed by atoms with Crippen LogP contribution in [0.25, 0.3) is 0 Å². The largest absolute Gasteiger partial charge is 0.391 e. The lowest BCUT2D eigenvalue weighted by Gasteiger charge is -2.20. The van der Waals surface area contributed by atoms with Crippen molar-refractivity contribution in [1.29, 1.82) is 0 Å². The molecule has 0 saturated heterocycles. The number of allylic oxidation sites excluding steroid dienone is 13. The lowest BCUT2D eigenvalue weighted by atomic mass is 9.88. The second kappa shape index (κ2) is 14.9. The van der Waals surface area contributed by atoms with Gasteiger partial charge in [0.1, 0.15) is 0 Å². The van der Waals surface area contributed by atoms with Crippen molar-refractivity contribution in [3.05, 3.63) is 82.7 Å². The van der Waals surface area contributed by atoms with E-state index in [9.17, 15) is 0 Å². The highest BCUT2D eigenvalue weighted by Gasteiger charge is 2.13. The van der Waals surface area contributed by atoms with Crippen molar-refractivity contribution >= 4 is 0 Å². The lowest BCUT2D eigenvalue weighted by molar-refractivity contribution is 0.690. The highest BCUT2D eigenvalue weighted by Crippen LogP contribution is 2.30. The van der Waals surface area contributed by atoms with Crippen LogP contribution in [0, 0.1) is 5.92 Å². The smallest absolute Gasteiger partial charge is 0.0203 e. The van der Waals surface area contributed by atoms with Crippen molar-refractivity contribution in [2.75, 3.05) is 7.05 Å². The van der Waals surface area contributed by atoms with Crippen molar-refractivity contribution < 1.29 is 0 Å². The van der Waals surface area contributed by atoms with Crippen molar-refractivity contribution in [2.45, 2.75) is 79.6 Å². The molecule has 0 radical (unpaired) electrons. The first kappa shape index (κ1) is 25.0. The summed E-state index contributed by atoms with van der Waals surface area (Å²) in [6, 6.07) is 0. The quantitative estimate of drug-likeness (QED) is 0.462. The fourth-order valence-electron chi connectivity index (χ4n) is 3.77. The average Bonchev–Trinajstić information content (AvgIpc) is 2.77. The minimum absolute atomic E-state index is 0.503. The zero-order chi connectivity index (χ0) is 21.5. The molecule has 0 aliphatic heterocycles. The summed E-state index contributed by atoms with van der Waals surface area (Å²) in [5, 5.41) is 3.34. The third-order valence-electron chi connectivity index (χ3n) is 5.00. The Hall–Kier alpha value is -2.02. The van der Waals surface area contributed by atoms with Gasteiger partial charge in [-0.05, 0) is 62.7 Å². The van der Waals surface area contributed by atoms with Crippen LogP contribution in [0.5, 0.6) is 0 Å². The molecule has 1 N–H and O–H groups in total. The molecular formula is C28H43N. The Morgan fingerprint density at radius 1 is 1.07 bits per heavy atom. The summed E-state index contributed by atoms with van der Waals surface area (Å²) in [5.74, 6) is 0.503. The van der Waals surface area contributed by atoms with Gasteiger partial charge in [0, 0.05) is 18.7 Å². The molecule has 0 aromatic rings. The fourth-order valence-corrected chi connectivity index (χ4v) is 3.77. The molecule has 3 aliphatic rings. The maximum Gasteiger partial charge on any atom is 0.0203 e. The van der Waals surface area contributed by atoms with E-state index in [-0.39, 0.29) is 0 Å². The number of nitrogens with one attached hydrogen (secondary N) is 1. The van der Waals surface area contributed by atoms with Crippen LogP contribution in [0.1, 0.15) is 79.6 Å². The third-order valence-corrected chi connectivity index (χ3v) is 5.00. The molecule has 1 unspecified atom stereocenters. The number of hydrogen-bond acceptors (Lipinski definition) is 1. The molecule has 0 bridgehead atoms. The van der Waals surface area contributed by atoms with E-state index in [1.165, 1.54) is 54.5 Å². The first-order valence-electron chi connectivity index (χ1n) is 11.7. The van der Waals surface area contributed by atoms with Crippen molar-refractivity contribution in [2.24, 2.45) is 5.92 Å². The van der Waals surface area contributed by atoms with E-state index in [1.54, 1.807) is 5.57 Å². The van der Waals surface area contributed by atoms with Crippen molar-refractivity contribution in [1.82, 2.24) is 5.32 Å². The van der Waals surface area contributed by atoms with E-state index < -0.39 is 0 Å². The molecule has 0 saturated carbocycles. The molecule has 1 atom stereocenters. The van der Waals surface area contributed by atoms with Gasteiger partial charge in [0.05, 0.1) is 0 Å². The van der Waals surface area contributed by atoms with E-state index in [4.69, 9.17) is 0 Å². The molecule has 3 rings (SSSR count). The maximum absolute atomic E-state index is 3.34. The van der Waals surface area contributed by atoms with Gasteiger partial charge < -0.3 is 5.32 Å². The second-order valence-corrected chi connectivity index (χ2v) is 7.68. The zero-order valence-electron chi connectivity index (χ0n) is 19.7. The zero-order valence-corrected chi connectivity index (χ0v) is 19.7. The molecule has 0 amide bonds. The Morgan fingerprint density at radius 2 is 1.79 bits per heavy atom. The van der Waals surface area contributed by atoms with Crippen LogP contribution >= 0.6 is 0 Å². The van der Waals surface area contributed by atoms with Gasteiger partial charge >= 0.3 is 0 Å². The topological polar surface area (TPSA) is 12.0 Å². The summed E-state index contributed by atoms with van der Waals surface area (Å²) in [6.07, 6.45) is 29.0. The van der Waals surface area contributed by atoms with Gasteiger partial charge in [0.15, 0.2) is 0 Å². The van der Waals surface area contributed by atoms with Gasteiger partial charge in [-0.1, -0.05) is 93.9 Å². The normalized spacial score (nSPS) is 20.8. The molecule has 1 heteroatoms. The Balaban J connectivity index is 0.000000771. The van der Waals surface area contributed by atoms with Crippen LogP contribution in [-0.4, -0.2) is 7.05 Å². The summed E-state index contributed by atoms with van der Waals surface area (Å²) >= 11 is 0. The van der Waals surface area contributed by atoms with Crippen molar-refractivity contribution in [3.63, 3.8) is 0 Å². The van der Waals surface area contributed by atoms with E-state index >= 15 is 0 Å². The van der Waals surface area contributed by atoms with Gasteiger partial charge in [-0.2, -0.15) is 0 Å². The minimum atomic E-state index is 0.503. The Morgan fingerprint density at radius 3 is 2.45 bits per heavy atom. The van der Waals surface area contributed by atoms with E-state index in [0.29, 0.717) is 5.92 Å². The van der Waals surface area contributed by atoms with Crippen molar-refractivity contribution in [3.8, 4) is 0 Å². The monoisotopic (exact) mass is 393 g/mol. The van der Waals surface area contributed by atoms with Gasteiger partial charge in [-0.3, -0.25) is 0 Å². The lowest BCUT2D eigenvalue weighted by Crippen LogP contribution is -2.16. The number of hydrogen-bond donors (Lipinski definition) is 1. The Bertz CT molecular complexity index is 692. The molecule has 160 valence electrons. The van der Waals surface area contributed by atoms with Crippen LogP contribution < -0.4 is 5.32 Å². The summed E-state index contributed by atoms with van der Waals surface area (Å²) < 4.78 is 0. The minimum Gasteiger partial charge on any atom is -0.391 e. The molecule has 0 heterocycles. The second-order valence-electron chi connectivity index (χ2n) is 7.68. The summed E-state index contributed by atoms with van der Waals surface area (Å²) in [7, 11) is 2.02. The Labute approximate surface area is 180 Å². The number of rotatable bonds is 5. The third kappa shape index (κ3) is 8.90. The highest BCUT2D eigenvalue weighted by atomic mass is 14.8. The summed E-state index contributed by atoms with van der Waals surface area (Å²) in [5.41, 5.74) is 7.22. The van der Waals surface area contributed by atoms with Crippen LogP contribution in [0.3, 0.4) is 0 Å². The summed E-state index contributed by atoms with van der Waals surface area (Å²) in [6.45, 7) is 10.5. The molecular weight excluding hydrogens is 350 g/mol. The van der Waals surface area contributed by atoms with Crippen LogP contribution in [-0.2, 0) is 0 Å². The SMILES string of the molecule is CC.CCC.CNC1=CC=CCC1/C=C(/C)CC1=CC(C2=CCCC=C2)=CCC1. The van der Waals surface area contributed by atoms with Crippen LogP contribution in [0.2, 0.25) is 0 Å². The predicted molar refractivity (Wildman–Crippen MR) is 132 cm³/mol. The van der Waals surface area contributed by atoms with E-state index in [0.717, 1.165) is 12.8 Å². The fraction of sp³-hybridized carbons (Fsp3) is 0.500.